The SMILES string of the molecule is O=C(Cc1ccc(F)c(F)c1)N1CCCC1CCCBr. The maximum Gasteiger partial charge on any atom is 0.227 e. The summed E-state index contributed by atoms with van der Waals surface area (Å²) in [6, 6.07) is 3.95. The molecule has 1 fully saturated rings. The van der Waals surface area contributed by atoms with Gasteiger partial charge in [-0.25, -0.2) is 8.78 Å². The molecule has 2 nitrogen and oxygen atoms in total. The van der Waals surface area contributed by atoms with E-state index < -0.39 is 11.6 Å². The highest BCUT2D eigenvalue weighted by Crippen LogP contribution is 2.23. The minimum absolute atomic E-state index is 0.00748. The lowest BCUT2D eigenvalue weighted by Gasteiger charge is -2.24. The Balaban J connectivity index is 1.98. The summed E-state index contributed by atoms with van der Waals surface area (Å²) in [6.45, 7) is 0.773. The number of hydrogen-bond donors (Lipinski definition) is 0. The number of amides is 1. The maximum atomic E-state index is 13.1. The summed E-state index contributed by atoms with van der Waals surface area (Å²) in [4.78, 5) is 14.2. The van der Waals surface area contributed by atoms with Crippen LogP contribution in [0.3, 0.4) is 0 Å². The highest BCUT2D eigenvalue weighted by Gasteiger charge is 2.28. The lowest BCUT2D eigenvalue weighted by molar-refractivity contribution is -0.131. The normalized spacial score (nSPS) is 18.6. The molecule has 0 radical (unpaired) electrons. The second kappa shape index (κ2) is 7.16. The van der Waals surface area contributed by atoms with Gasteiger partial charge in [0.15, 0.2) is 11.6 Å². The van der Waals surface area contributed by atoms with Crippen LogP contribution >= 0.6 is 15.9 Å². The van der Waals surface area contributed by atoms with Gasteiger partial charge in [-0.1, -0.05) is 22.0 Å². The average Bonchev–Trinajstić information content (AvgIpc) is 2.89. The predicted molar refractivity (Wildman–Crippen MR) is 77.8 cm³/mol. The van der Waals surface area contributed by atoms with Crippen molar-refractivity contribution in [2.45, 2.75) is 38.1 Å². The number of halogens is 3. The van der Waals surface area contributed by atoms with Crippen molar-refractivity contribution >= 4 is 21.8 Å². The van der Waals surface area contributed by atoms with E-state index in [1.807, 2.05) is 4.90 Å². The molecule has 0 aromatic heterocycles. The minimum atomic E-state index is -0.896. The lowest BCUT2D eigenvalue weighted by Crippen LogP contribution is -2.36. The van der Waals surface area contributed by atoms with Crippen molar-refractivity contribution in [1.29, 1.82) is 0 Å². The topological polar surface area (TPSA) is 20.3 Å². The zero-order valence-corrected chi connectivity index (χ0v) is 12.8. The van der Waals surface area contributed by atoms with Gasteiger partial charge in [-0.15, -0.1) is 0 Å². The number of carbonyl (C=O) groups excluding carboxylic acids is 1. The van der Waals surface area contributed by atoms with Crippen LogP contribution < -0.4 is 0 Å². The molecule has 20 heavy (non-hydrogen) atoms. The molecule has 1 heterocycles. The van der Waals surface area contributed by atoms with Crippen LogP contribution in [0, 0.1) is 11.6 Å². The molecular weight excluding hydrogens is 328 g/mol. The van der Waals surface area contributed by atoms with Crippen LogP contribution in [0.25, 0.3) is 0 Å². The summed E-state index contributed by atoms with van der Waals surface area (Å²) in [6.07, 6.45) is 4.24. The standard InChI is InChI=1S/C15H18BrF2NO/c16-7-1-3-12-4-2-8-19(12)15(20)10-11-5-6-13(17)14(18)9-11/h5-6,9,12H,1-4,7-8,10H2. The number of carbonyl (C=O) groups is 1. The van der Waals surface area contributed by atoms with Crippen LogP contribution in [0.5, 0.6) is 0 Å². The molecule has 0 saturated carbocycles. The van der Waals surface area contributed by atoms with E-state index in [1.54, 1.807) is 0 Å². The number of alkyl halides is 1. The van der Waals surface area contributed by atoms with E-state index >= 15 is 0 Å². The van der Waals surface area contributed by atoms with Gasteiger partial charge in [0.05, 0.1) is 6.42 Å². The van der Waals surface area contributed by atoms with Crippen LogP contribution in [-0.4, -0.2) is 28.7 Å². The van der Waals surface area contributed by atoms with Gasteiger partial charge in [0, 0.05) is 17.9 Å². The van der Waals surface area contributed by atoms with Crippen LogP contribution in [0.2, 0.25) is 0 Å². The molecule has 2 rings (SSSR count). The van der Waals surface area contributed by atoms with E-state index in [-0.39, 0.29) is 12.3 Å². The third kappa shape index (κ3) is 3.78. The first-order valence-corrected chi connectivity index (χ1v) is 8.03. The second-order valence-electron chi connectivity index (χ2n) is 5.14. The molecule has 1 aliphatic rings. The molecule has 0 aliphatic carbocycles. The smallest absolute Gasteiger partial charge is 0.227 e. The Bertz CT molecular complexity index is 481. The summed E-state index contributed by atoms with van der Waals surface area (Å²) < 4.78 is 26.0. The molecule has 0 spiro atoms. The molecule has 1 aliphatic heterocycles. The van der Waals surface area contributed by atoms with Gasteiger partial charge < -0.3 is 4.90 Å². The molecule has 5 heteroatoms. The largest absolute Gasteiger partial charge is 0.339 e. The van der Waals surface area contributed by atoms with Crippen molar-refractivity contribution < 1.29 is 13.6 Å². The van der Waals surface area contributed by atoms with Crippen molar-refractivity contribution in [1.82, 2.24) is 4.90 Å². The highest BCUT2D eigenvalue weighted by molar-refractivity contribution is 9.09. The van der Waals surface area contributed by atoms with Crippen molar-refractivity contribution in [3.05, 3.63) is 35.4 Å². The van der Waals surface area contributed by atoms with E-state index in [9.17, 15) is 13.6 Å². The molecule has 1 unspecified atom stereocenters. The Labute approximate surface area is 126 Å². The van der Waals surface area contributed by atoms with Gasteiger partial charge in [0.1, 0.15) is 0 Å². The Morgan fingerprint density at radius 3 is 2.85 bits per heavy atom. The number of rotatable bonds is 5. The first-order valence-electron chi connectivity index (χ1n) is 6.91. The third-order valence-corrected chi connectivity index (χ3v) is 4.27. The number of benzene rings is 1. The molecule has 1 aromatic rings. The van der Waals surface area contributed by atoms with E-state index in [0.717, 1.165) is 49.7 Å². The molecule has 1 amide bonds. The zero-order chi connectivity index (χ0) is 14.5. The number of nitrogens with zero attached hydrogens (tertiary/aromatic N) is 1. The molecule has 0 bridgehead atoms. The molecular formula is C15H18BrF2NO. The van der Waals surface area contributed by atoms with E-state index in [4.69, 9.17) is 0 Å². The second-order valence-corrected chi connectivity index (χ2v) is 5.93. The monoisotopic (exact) mass is 345 g/mol. The van der Waals surface area contributed by atoms with Crippen molar-refractivity contribution in [2.24, 2.45) is 0 Å². The van der Waals surface area contributed by atoms with Gasteiger partial charge >= 0.3 is 0 Å². The first kappa shape index (κ1) is 15.4. The average molecular weight is 346 g/mol. The fourth-order valence-corrected chi connectivity index (χ4v) is 3.03. The summed E-state index contributed by atoms with van der Waals surface area (Å²) in [5, 5.41) is 0.939. The van der Waals surface area contributed by atoms with Gasteiger partial charge in [0.25, 0.3) is 0 Å². The Morgan fingerprint density at radius 1 is 1.35 bits per heavy atom. The molecule has 110 valence electrons. The van der Waals surface area contributed by atoms with Crippen molar-refractivity contribution in [3.8, 4) is 0 Å². The molecule has 1 aromatic carbocycles. The van der Waals surface area contributed by atoms with Crippen LogP contribution in [0.4, 0.5) is 8.78 Å². The number of hydrogen-bond acceptors (Lipinski definition) is 1. The van der Waals surface area contributed by atoms with E-state index in [0.29, 0.717) is 11.6 Å². The maximum absolute atomic E-state index is 13.1. The Morgan fingerprint density at radius 2 is 2.15 bits per heavy atom. The van der Waals surface area contributed by atoms with Crippen molar-refractivity contribution in [2.75, 3.05) is 11.9 Å². The fourth-order valence-electron chi connectivity index (χ4n) is 2.70. The van der Waals surface area contributed by atoms with E-state index in [1.165, 1.54) is 6.07 Å². The van der Waals surface area contributed by atoms with Crippen LogP contribution in [0.1, 0.15) is 31.2 Å². The Hall–Kier alpha value is -0.970. The van der Waals surface area contributed by atoms with Gasteiger partial charge in [-0.2, -0.15) is 0 Å². The lowest BCUT2D eigenvalue weighted by atomic mass is 10.1. The first-order chi connectivity index (χ1) is 9.61. The molecule has 1 saturated heterocycles. The minimum Gasteiger partial charge on any atom is -0.339 e. The summed E-state index contributed by atoms with van der Waals surface area (Å²) in [7, 11) is 0. The fraction of sp³-hybridized carbons (Fsp3) is 0.533. The van der Waals surface area contributed by atoms with E-state index in [2.05, 4.69) is 15.9 Å². The molecule has 0 N–H and O–H groups in total. The van der Waals surface area contributed by atoms with Gasteiger partial charge in [-0.05, 0) is 43.4 Å². The molecule has 1 atom stereocenters. The summed E-state index contributed by atoms with van der Waals surface area (Å²) in [5.41, 5.74) is 0.528. The highest BCUT2D eigenvalue weighted by atomic mass is 79.9. The van der Waals surface area contributed by atoms with Gasteiger partial charge in [-0.3, -0.25) is 4.79 Å². The van der Waals surface area contributed by atoms with Crippen LogP contribution in [0.15, 0.2) is 18.2 Å². The third-order valence-electron chi connectivity index (χ3n) is 3.71. The van der Waals surface area contributed by atoms with Crippen molar-refractivity contribution in [3.63, 3.8) is 0 Å². The van der Waals surface area contributed by atoms with Gasteiger partial charge in [0.2, 0.25) is 5.91 Å². The predicted octanol–water partition coefficient (Wildman–Crippen LogP) is 3.67. The van der Waals surface area contributed by atoms with Crippen LogP contribution in [-0.2, 0) is 11.2 Å². The summed E-state index contributed by atoms with van der Waals surface area (Å²) >= 11 is 3.40. The summed E-state index contributed by atoms with van der Waals surface area (Å²) in [5.74, 6) is -1.77. The quantitative estimate of drug-likeness (QED) is 0.745. The number of likely N-dealkylation sites (tertiary alicyclic amines) is 1. The zero-order valence-electron chi connectivity index (χ0n) is 11.2. The Kier molecular flexibility index (Phi) is 5.52.